The molecule has 0 saturated carbocycles. The number of anilines is 2. The van der Waals surface area contributed by atoms with Crippen LogP contribution in [0.3, 0.4) is 0 Å². The summed E-state index contributed by atoms with van der Waals surface area (Å²) in [6.45, 7) is 7.00. The molecule has 2 N–H and O–H groups in total. The summed E-state index contributed by atoms with van der Waals surface area (Å²) in [4.78, 5) is 17.0. The zero-order valence-electron chi connectivity index (χ0n) is 16.3. The molecule has 144 valence electrons. The standard InChI is InChI=1S/C23H24ClN3O/c1-23(2,3)20-6-4-5-7-21(20)27-22(28)17-12-19(15-25-14-17)26-13-16-8-10-18(24)11-9-16/h4-12,14-15,26H,13H2,1-3H3,(H,27,28). The molecule has 0 saturated heterocycles. The minimum atomic E-state index is -0.181. The van der Waals surface area contributed by atoms with Crippen LogP contribution in [0.4, 0.5) is 11.4 Å². The fourth-order valence-corrected chi connectivity index (χ4v) is 3.03. The number of benzene rings is 2. The summed E-state index contributed by atoms with van der Waals surface area (Å²) in [5.41, 5.74) is 4.23. The molecule has 28 heavy (non-hydrogen) atoms. The number of rotatable bonds is 5. The van der Waals surface area contributed by atoms with Crippen LogP contribution < -0.4 is 10.6 Å². The second-order valence-corrected chi connectivity index (χ2v) is 8.13. The smallest absolute Gasteiger partial charge is 0.257 e. The Labute approximate surface area is 171 Å². The van der Waals surface area contributed by atoms with Gasteiger partial charge in [-0.3, -0.25) is 9.78 Å². The first-order valence-corrected chi connectivity index (χ1v) is 9.55. The molecule has 0 fully saturated rings. The van der Waals surface area contributed by atoms with E-state index in [4.69, 9.17) is 11.6 Å². The first-order valence-electron chi connectivity index (χ1n) is 9.17. The Kier molecular flexibility index (Phi) is 6.00. The zero-order chi connectivity index (χ0) is 20.1. The van der Waals surface area contributed by atoms with Gasteiger partial charge in [0.2, 0.25) is 0 Å². The Hall–Kier alpha value is -2.85. The number of para-hydroxylation sites is 1. The summed E-state index contributed by atoms with van der Waals surface area (Å²) >= 11 is 5.92. The highest BCUT2D eigenvalue weighted by Gasteiger charge is 2.19. The van der Waals surface area contributed by atoms with Crippen LogP contribution in [0.25, 0.3) is 0 Å². The number of nitrogens with zero attached hydrogens (tertiary/aromatic N) is 1. The lowest BCUT2D eigenvalue weighted by Gasteiger charge is -2.23. The molecule has 0 aliphatic rings. The number of halogens is 1. The monoisotopic (exact) mass is 393 g/mol. The fraction of sp³-hybridized carbons (Fsp3) is 0.217. The average Bonchev–Trinajstić information content (AvgIpc) is 2.67. The van der Waals surface area contributed by atoms with E-state index in [9.17, 15) is 4.79 Å². The van der Waals surface area contributed by atoms with Crippen LogP contribution in [0, 0.1) is 0 Å². The summed E-state index contributed by atoms with van der Waals surface area (Å²) in [7, 11) is 0. The van der Waals surface area contributed by atoms with E-state index in [0.29, 0.717) is 17.1 Å². The normalized spacial score (nSPS) is 11.1. The number of pyridine rings is 1. The van der Waals surface area contributed by atoms with E-state index in [1.54, 1.807) is 18.5 Å². The maximum atomic E-state index is 12.8. The first kappa shape index (κ1) is 19.9. The third kappa shape index (κ3) is 5.11. The van der Waals surface area contributed by atoms with Crippen LogP contribution in [-0.2, 0) is 12.0 Å². The lowest BCUT2D eigenvalue weighted by atomic mass is 9.86. The van der Waals surface area contributed by atoms with Crippen molar-refractivity contribution in [3.63, 3.8) is 0 Å². The van der Waals surface area contributed by atoms with Gasteiger partial charge in [-0.2, -0.15) is 0 Å². The van der Waals surface area contributed by atoms with Crippen LogP contribution >= 0.6 is 11.6 Å². The van der Waals surface area contributed by atoms with E-state index in [-0.39, 0.29) is 11.3 Å². The molecule has 0 bridgehead atoms. The van der Waals surface area contributed by atoms with Crippen molar-refractivity contribution >= 4 is 28.9 Å². The molecule has 1 amide bonds. The molecular weight excluding hydrogens is 370 g/mol. The Morgan fingerprint density at radius 1 is 1.04 bits per heavy atom. The maximum Gasteiger partial charge on any atom is 0.257 e. The minimum Gasteiger partial charge on any atom is -0.380 e. The van der Waals surface area contributed by atoms with Crippen molar-refractivity contribution in [2.75, 3.05) is 10.6 Å². The molecule has 1 heterocycles. The van der Waals surface area contributed by atoms with Crippen LogP contribution in [-0.4, -0.2) is 10.9 Å². The van der Waals surface area contributed by atoms with Crippen molar-refractivity contribution in [1.82, 2.24) is 4.98 Å². The second kappa shape index (κ2) is 8.44. The van der Waals surface area contributed by atoms with E-state index in [1.165, 1.54) is 0 Å². The van der Waals surface area contributed by atoms with Gasteiger partial charge in [0.15, 0.2) is 0 Å². The molecule has 5 heteroatoms. The highest BCUT2D eigenvalue weighted by Crippen LogP contribution is 2.29. The molecular formula is C23H24ClN3O. The van der Waals surface area contributed by atoms with Gasteiger partial charge in [-0.25, -0.2) is 0 Å². The largest absolute Gasteiger partial charge is 0.380 e. The number of carbonyl (C=O) groups excluding carboxylic acids is 1. The van der Waals surface area contributed by atoms with Gasteiger partial charge in [0.05, 0.1) is 11.3 Å². The zero-order valence-corrected chi connectivity index (χ0v) is 17.0. The Morgan fingerprint density at radius 3 is 2.46 bits per heavy atom. The van der Waals surface area contributed by atoms with Gasteiger partial charge < -0.3 is 10.6 Å². The average molecular weight is 394 g/mol. The number of carbonyl (C=O) groups is 1. The van der Waals surface area contributed by atoms with E-state index in [0.717, 1.165) is 22.5 Å². The lowest BCUT2D eigenvalue weighted by molar-refractivity contribution is 0.102. The van der Waals surface area contributed by atoms with Crippen LogP contribution in [0.1, 0.15) is 42.3 Å². The Morgan fingerprint density at radius 2 is 1.75 bits per heavy atom. The van der Waals surface area contributed by atoms with Crippen molar-refractivity contribution < 1.29 is 4.79 Å². The van der Waals surface area contributed by atoms with Crippen LogP contribution in [0.15, 0.2) is 67.0 Å². The van der Waals surface area contributed by atoms with Crippen LogP contribution in [0.2, 0.25) is 5.02 Å². The highest BCUT2D eigenvalue weighted by molar-refractivity contribution is 6.30. The number of hydrogen-bond acceptors (Lipinski definition) is 3. The van der Waals surface area contributed by atoms with E-state index >= 15 is 0 Å². The van der Waals surface area contributed by atoms with E-state index in [2.05, 4.69) is 36.4 Å². The number of amides is 1. The minimum absolute atomic E-state index is 0.0654. The third-order valence-electron chi connectivity index (χ3n) is 4.39. The second-order valence-electron chi connectivity index (χ2n) is 7.69. The van der Waals surface area contributed by atoms with Gasteiger partial charge in [0, 0.05) is 29.6 Å². The lowest BCUT2D eigenvalue weighted by Crippen LogP contribution is -2.19. The highest BCUT2D eigenvalue weighted by atomic mass is 35.5. The molecule has 2 aromatic carbocycles. The third-order valence-corrected chi connectivity index (χ3v) is 4.65. The topological polar surface area (TPSA) is 54.0 Å². The van der Waals surface area contributed by atoms with Gasteiger partial charge in [0.25, 0.3) is 5.91 Å². The number of nitrogens with one attached hydrogen (secondary N) is 2. The first-order chi connectivity index (χ1) is 13.3. The summed E-state index contributed by atoms with van der Waals surface area (Å²) in [5, 5.41) is 7.02. The maximum absolute atomic E-state index is 12.8. The number of aromatic nitrogens is 1. The van der Waals surface area contributed by atoms with Gasteiger partial charge in [-0.15, -0.1) is 0 Å². The molecule has 1 aromatic heterocycles. The Balaban J connectivity index is 1.72. The van der Waals surface area contributed by atoms with E-state index < -0.39 is 0 Å². The van der Waals surface area contributed by atoms with Crippen molar-refractivity contribution in [3.05, 3.63) is 88.7 Å². The molecule has 3 aromatic rings. The van der Waals surface area contributed by atoms with Crippen molar-refractivity contribution in [2.45, 2.75) is 32.7 Å². The van der Waals surface area contributed by atoms with Gasteiger partial charge in [0.1, 0.15) is 0 Å². The van der Waals surface area contributed by atoms with Crippen molar-refractivity contribution in [1.29, 1.82) is 0 Å². The van der Waals surface area contributed by atoms with E-state index in [1.807, 2.05) is 48.5 Å². The van der Waals surface area contributed by atoms with Crippen LogP contribution in [0.5, 0.6) is 0 Å². The fourth-order valence-electron chi connectivity index (χ4n) is 2.91. The summed E-state index contributed by atoms with van der Waals surface area (Å²) < 4.78 is 0. The SMILES string of the molecule is CC(C)(C)c1ccccc1NC(=O)c1cncc(NCc2ccc(Cl)cc2)c1. The molecule has 0 atom stereocenters. The van der Waals surface area contributed by atoms with Gasteiger partial charge in [-0.1, -0.05) is 62.7 Å². The molecule has 4 nitrogen and oxygen atoms in total. The Bertz CT molecular complexity index is 962. The summed E-state index contributed by atoms with van der Waals surface area (Å²) in [5.74, 6) is -0.181. The molecule has 3 rings (SSSR count). The summed E-state index contributed by atoms with van der Waals surface area (Å²) in [6, 6.07) is 17.3. The van der Waals surface area contributed by atoms with Crippen molar-refractivity contribution in [2.24, 2.45) is 0 Å². The predicted molar refractivity (Wildman–Crippen MR) is 116 cm³/mol. The number of hydrogen-bond donors (Lipinski definition) is 2. The molecule has 0 radical (unpaired) electrons. The predicted octanol–water partition coefficient (Wildman–Crippen LogP) is 5.90. The quantitative estimate of drug-likeness (QED) is 0.567. The molecule has 0 unspecified atom stereocenters. The summed E-state index contributed by atoms with van der Waals surface area (Å²) in [6.07, 6.45) is 3.28. The molecule has 0 spiro atoms. The molecule has 0 aliphatic heterocycles. The van der Waals surface area contributed by atoms with Gasteiger partial charge in [-0.05, 0) is 40.8 Å². The van der Waals surface area contributed by atoms with Gasteiger partial charge >= 0.3 is 0 Å². The van der Waals surface area contributed by atoms with Crippen molar-refractivity contribution in [3.8, 4) is 0 Å². The molecule has 0 aliphatic carbocycles.